The molecule has 0 saturated carbocycles. The van der Waals surface area contributed by atoms with Gasteiger partial charge in [-0.1, -0.05) is 72.9 Å². The highest BCUT2D eigenvalue weighted by atomic mass is 32.1. The standard InChI is InChI=1S/C18H10OS/c19-17-13(11-7-3-1-4-8-11)15-16(18(15)20)14(17)12-9-5-2-6-10-12/h1-10H. The Morgan fingerprint density at radius 1 is 0.650 bits per heavy atom. The molecular formula is C18H10OS. The fourth-order valence-corrected chi connectivity index (χ4v) is 3.12. The van der Waals surface area contributed by atoms with Crippen LogP contribution in [0.5, 0.6) is 0 Å². The fourth-order valence-electron chi connectivity index (χ4n) is 2.76. The summed E-state index contributed by atoms with van der Waals surface area (Å²) in [4.78, 5) is 12.7. The molecule has 1 aliphatic rings. The maximum absolute atomic E-state index is 12.7. The van der Waals surface area contributed by atoms with Gasteiger partial charge in [0, 0.05) is 21.6 Å². The zero-order valence-electron chi connectivity index (χ0n) is 10.6. The first-order valence-corrected chi connectivity index (χ1v) is 6.89. The fraction of sp³-hybridized carbons (Fsp3) is 0. The summed E-state index contributed by atoms with van der Waals surface area (Å²) in [5.74, 6) is 0.0981. The van der Waals surface area contributed by atoms with E-state index < -0.39 is 0 Å². The van der Waals surface area contributed by atoms with E-state index in [1.165, 1.54) is 0 Å². The van der Waals surface area contributed by atoms with Gasteiger partial charge in [0.05, 0.1) is 4.51 Å². The van der Waals surface area contributed by atoms with Crippen LogP contribution in [0.15, 0.2) is 60.7 Å². The summed E-state index contributed by atoms with van der Waals surface area (Å²) >= 11 is 5.38. The average molecular weight is 274 g/mol. The molecule has 0 heterocycles. The maximum atomic E-state index is 12.7. The van der Waals surface area contributed by atoms with Gasteiger partial charge in [-0.2, -0.15) is 0 Å². The van der Waals surface area contributed by atoms with Crippen LogP contribution in [-0.2, 0) is 4.79 Å². The SMILES string of the molecule is O=C1C(c2ccccc2)=c2c(=S)c2=C1c1ccccc1. The van der Waals surface area contributed by atoms with E-state index in [0.717, 1.165) is 37.2 Å². The lowest BCUT2D eigenvalue weighted by Crippen LogP contribution is -2.07. The lowest BCUT2D eigenvalue weighted by molar-refractivity contribution is -0.108. The molecule has 1 aliphatic carbocycles. The summed E-state index contributed by atoms with van der Waals surface area (Å²) < 4.78 is 0.849. The second kappa shape index (κ2) is 4.09. The van der Waals surface area contributed by atoms with Gasteiger partial charge in [0.1, 0.15) is 0 Å². The summed E-state index contributed by atoms with van der Waals surface area (Å²) in [6.07, 6.45) is 0. The lowest BCUT2D eigenvalue weighted by atomic mass is 9.95. The van der Waals surface area contributed by atoms with Crippen molar-refractivity contribution in [3.63, 3.8) is 0 Å². The monoisotopic (exact) mass is 274 g/mol. The minimum Gasteiger partial charge on any atom is -0.289 e. The number of benzene rings is 2. The second-order valence-corrected chi connectivity index (χ2v) is 5.30. The van der Waals surface area contributed by atoms with E-state index in [9.17, 15) is 4.79 Å². The Morgan fingerprint density at radius 2 is 1.05 bits per heavy atom. The van der Waals surface area contributed by atoms with Crippen molar-refractivity contribution in [1.29, 1.82) is 0 Å². The largest absolute Gasteiger partial charge is 0.289 e. The molecular weight excluding hydrogens is 264 g/mol. The molecule has 1 nitrogen and oxygen atoms in total. The van der Waals surface area contributed by atoms with Crippen molar-refractivity contribution in [2.75, 3.05) is 0 Å². The Balaban J connectivity index is 1.99. The molecule has 0 amide bonds. The van der Waals surface area contributed by atoms with Gasteiger partial charge in [0.25, 0.3) is 0 Å². The molecule has 0 fully saturated rings. The third kappa shape index (κ3) is 1.49. The number of carbonyl (C=O) groups excluding carboxylic acids is 1. The van der Waals surface area contributed by atoms with Gasteiger partial charge in [-0.25, -0.2) is 0 Å². The number of rotatable bonds is 2. The Kier molecular flexibility index (Phi) is 2.35. The highest BCUT2D eigenvalue weighted by molar-refractivity contribution is 7.71. The van der Waals surface area contributed by atoms with Gasteiger partial charge in [-0.15, -0.1) is 0 Å². The van der Waals surface area contributed by atoms with E-state index in [1.807, 2.05) is 60.7 Å². The van der Waals surface area contributed by atoms with Gasteiger partial charge in [-0.05, 0) is 11.1 Å². The van der Waals surface area contributed by atoms with Crippen LogP contribution in [0.25, 0.3) is 11.1 Å². The van der Waals surface area contributed by atoms with Gasteiger partial charge < -0.3 is 0 Å². The molecule has 0 aromatic heterocycles. The first kappa shape index (κ1) is 11.5. The molecule has 20 heavy (non-hydrogen) atoms. The molecule has 0 bridgehead atoms. The molecule has 0 saturated heterocycles. The third-order valence-electron chi connectivity index (χ3n) is 3.72. The zero-order chi connectivity index (χ0) is 13.7. The molecule has 0 unspecified atom stereocenters. The Morgan fingerprint density at radius 3 is 1.45 bits per heavy atom. The molecule has 2 heteroatoms. The van der Waals surface area contributed by atoms with Crippen LogP contribution in [0.1, 0.15) is 11.1 Å². The summed E-state index contributed by atoms with van der Waals surface area (Å²) in [5.41, 5.74) is 3.44. The quantitative estimate of drug-likeness (QED) is 0.667. The number of hydrogen-bond donors (Lipinski definition) is 0. The van der Waals surface area contributed by atoms with Crippen molar-refractivity contribution < 1.29 is 4.79 Å². The van der Waals surface area contributed by atoms with E-state index >= 15 is 0 Å². The van der Waals surface area contributed by atoms with Crippen LogP contribution >= 0.6 is 12.2 Å². The Labute approximate surface area is 121 Å². The summed E-state index contributed by atoms with van der Waals surface area (Å²) in [6, 6.07) is 19.5. The van der Waals surface area contributed by atoms with Crippen LogP contribution in [0, 0.1) is 4.51 Å². The molecule has 94 valence electrons. The van der Waals surface area contributed by atoms with Crippen LogP contribution < -0.4 is 10.4 Å². The summed E-state index contributed by atoms with van der Waals surface area (Å²) in [5, 5.41) is 1.96. The number of fused-ring (bicyclic) bond motifs is 1. The van der Waals surface area contributed by atoms with E-state index in [-0.39, 0.29) is 5.78 Å². The second-order valence-electron chi connectivity index (χ2n) is 4.89. The number of carbonyl (C=O) groups is 1. The highest BCUT2D eigenvalue weighted by Crippen LogP contribution is 2.25. The topological polar surface area (TPSA) is 17.1 Å². The van der Waals surface area contributed by atoms with Crippen LogP contribution in [0.4, 0.5) is 0 Å². The van der Waals surface area contributed by atoms with E-state index in [2.05, 4.69) is 0 Å². The van der Waals surface area contributed by atoms with Crippen molar-refractivity contribution >= 4 is 29.1 Å². The maximum Gasteiger partial charge on any atom is 0.195 e. The molecule has 0 atom stereocenters. The Hall–Kier alpha value is -2.32. The first-order valence-electron chi connectivity index (χ1n) is 6.48. The lowest BCUT2D eigenvalue weighted by Gasteiger charge is -2.06. The van der Waals surface area contributed by atoms with Gasteiger partial charge >= 0.3 is 0 Å². The van der Waals surface area contributed by atoms with Gasteiger partial charge in [0.2, 0.25) is 0 Å². The van der Waals surface area contributed by atoms with Crippen molar-refractivity contribution in [2.24, 2.45) is 0 Å². The number of hydrogen-bond acceptors (Lipinski definition) is 2. The van der Waals surface area contributed by atoms with Crippen molar-refractivity contribution in [2.45, 2.75) is 0 Å². The molecule has 4 rings (SSSR count). The predicted octanol–water partition coefficient (Wildman–Crippen LogP) is 2.27. The van der Waals surface area contributed by atoms with Crippen molar-refractivity contribution in [3.05, 3.63) is 86.7 Å². The Bertz CT molecular complexity index is 879. The van der Waals surface area contributed by atoms with E-state index in [0.29, 0.717) is 0 Å². The third-order valence-corrected chi connectivity index (χ3v) is 4.13. The molecule has 3 aromatic carbocycles. The van der Waals surface area contributed by atoms with Crippen molar-refractivity contribution in [1.82, 2.24) is 0 Å². The van der Waals surface area contributed by atoms with Gasteiger partial charge in [-0.3, -0.25) is 4.79 Å². The average Bonchev–Trinajstić information content (AvgIpc) is 3.01. The molecule has 0 aliphatic heterocycles. The smallest absolute Gasteiger partial charge is 0.195 e. The minimum absolute atomic E-state index is 0.0981. The molecule has 0 N–H and O–H groups in total. The van der Waals surface area contributed by atoms with Crippen LogP contribution in [0.2, 0.25) is 0 Å². The summed E-state index contributed by atoms with van der Waals surface area (Å²) in [7, 11) is 0. The highest BCUT2D eigenvalue weighted by Gasteiger charge is 2.31. The first-order chi connectivity index (χ1) is 9.79. The predicted molar refractivity (Wildman–Crippen MR) is 81.8 cm³/mol. The number of Topliss-reactive ketones (excluding diaryl/α,β-unsaturated/α-hetero) is 1. The zero-order valence-corrected chi connectivity index (χ0v) is 11.4. The number of ketones is 1. The molecule has 3 aromatic rings. The van der Waals surface area contributed by atoms with Gasteiger partial charge in [0.15, 0.2) is 5.78 Å². The van der Waals surface area contributed by atoms with E-state index in [1.54, 1.807) is 0 Å². The summed E-state index contributed by atoms with van der Waals surface area (Å²) in [6.45, 7) is 0. The van der Waals surface area contributed by atoms with Crippen LogP contribution in [0.3, 0.4) is 0 Å². The molecule has 0 radical (unpaired) electrons. The molecule has 0 spiro atoms. The van der Waals surface area contributed by atoms with Crippen molar-refractivity contribution in [3.8, 4) is 0 Å². The normalized spacial score (nSPS) is 14.1. The van der Waals surface area contributed by atoms with Crippen LogP contribution in [-0.4, -0.2) is 5.78 Å². The van der Waals surface area contributed by atoms with E-state index in [4.69, 9.17) is 12.2 Å². The minimum atomic E-state index is 0.0981.